The van der Waals surface area contributed by atoms with Crippen molar-refractivity contribution in [3.63, 3.8) is 0 Å². The molecule has 5 heteroatoms. The zero-order chi connectivity index (χ0) is 14.6. The van der Waals surface area contributed by atoms with E-state index in [0.717, 1.165) is 23.7 Å². The van der Waals surface area contributed by atoms with Crippen molar-refractivity contribution in [3.8, 4) is 0 Å². The van der Waals surface area contributed by atoms with E-state index < -0.39 is 10.0 Å². The molecular formula is C15H22BrNO2S. The lowest BCUT2D eigenvalue weighted by Crippen LogP contribution is -2.32. The summed E-state index contributed by atoms with van der Waals surface area (Å²) in [5, 5.41) is 0.950. The topological polar surface area (TPSA) is 37.4 Å². The zero-order valence-electron chi connectivity index (χ0n) is 11.8. The van der Waals surface area contributed by atoms with E-state index in [1.165, 1.54) is 0 Å². The van der Waals surface area contributed by atoms with Gasteiger partial charge < -0.3 is 0 Å². The van der Waals surface area contributed by atoms with E-state index in [4.69, 9.17) is 0 Å². The van der Waals surface area contributed by atoms with Crippen LogP contribution in [0.1, 0.15) is 31.2 Å². The fraction of sp³-hybridized carbons (Fsp3) is 0.600. The number of alkyl halides is 1. The summed E-state index contributed by atoms with van der Waals surface area (Å²) >= 11 is 3.43. The molecule has 1 aromatic carbocycles. The molecule has 0 spiro atoms. The maximum atomic E-state index is 12.5. The maximum Gasteiger partial charge on any atom is 0.214 e. The van der Waals surface area contributed by atoms with Crippen LogP contribution in [0, 0.1) is 5.92 Å². The maximum absolute atomic E-state index is 12.5. The van der Waals surface area contributed by atoms with E-state index >= 15 is 0 Å². The second-order valence-electron chi connectivity index (χ2n) is 5.58. The van der Waals surface area contributed by atoms with Gasteiger partial charge in [0.1, 0.15) is 0 Å². The Kier molecular flexibility index (Phi) is 5.64. The van der Waals surface area contributed by atoms with E-state index in [2.05, 4.69) is 15.9 Å². The SMILES string of the molecule is CC(CS(=O)(=O)N1CCC(CCBr)C1)c1ccccc1. The first kappa shape index (κ1) is 16.0. The highest BCUT2D eigenvalue weighted by Gasteiger charge is 2.32. The molecule has 0 aliphatic carbocycles. The number of benzene rings is 1. The third-order valence-corrected chi connectivity index (χ3v) is 6.49. The Hall–Kier alpha value is -0.390. The highest BCUT2D eigenvalue weighted by atomic mass is 79.9. The molecule has 112 valence electrons. The van der Waals surface area contributed by atoms with Crippen LogP contribution in [0.15, 0.2) is 30.3 Å². The highest BCUT2D eigenvalue weighted by molar-refractivity contribution is 9.09. The molecule has 2 rings (SSSR count). The molecule has 0 amide bonds. The third kappa shape index (κ3) is 4.06. The molecule has 1 aromatic rings. The van der Waals surface area contributed by atoms with Crippen molar-refractivity contribution in [1.29, 1.82) is 0 Å². The Balaban J connectivity index is 1.98. The van der Waals surface area contributed by atoms with Crippen LogP contribution < -0.4 is 0 Å². The van der Waals surface area contributed by atoms with Gasteiger partial charge >= 0.3 is 0 Å². The normalized spacial score (nSPS) is 22.0. The van der Waals surface area contributed by atoms with Gasteiger partial charge in [-0.05, 0) is 30.2 Å². The van der Waals surface area contributed by atoms with Crippen LogP contribution >= 0.6 is 15.9 Å². The third-order valence-electron chi connectivity index (χ3n) is 3.99. The average molecular weight is 360 g/mol. The molecule has 1 fully saturated rings. The first-order valence-corrected chi connectivity index (χ1v) is 9.84. The van der Waals surface area contributed by atoms with E-state index in [9.17, 15) is 8.42 Å². The van der Waals surface area contributed by atoms with Crippen LogP contribution in [0.2, 0.25) is 0 Å². The minimum Gasteiger partial charge on any atom is -0.212 e. The molecule has 0 N–H and O–H groups in total. The predicted molar refractivity (Wildman–Crippen MR) is 86.7 cm³/mol. The molecule has 2 unspecified atom stereocenters. The van der Waals surface area contributed by atoms with Crippen molar-refractivity contribution in [2.24, 2.45) is 5.92 Å². The van der Waals surface area contributed by atoms with Gasteiger partial charge in [-0.15, -0.1) is 0 Å². The van der Waals surface area contributed by atoms with Gasteiger partial charge in [0.25, 0.3) is 0 Å². The summed E-state index contributed by atoms with van der Waals surface area (Å²) in [6.45, 7) is 3.36. The Morgan fingerprint density at radius 3 is 2.70 bits per heavy atom. The lowest BCUT2D eigenvalue weighted by molar-refractivity contribution is 0.451. The molecule has 2 atom stereocenters. The molecular weight excluding hydrogens is 338 g/mol. The van der Waals surface area contributed by atoms with Crippen LogP contribution in [0.25, 0.3) is 0 Å². The first-order valence-electron chi connectivity index (χ1n) is 7.11. The molecule has 0 saturated carbocycles. The van der Waals surface area contributed by atoms with Crippen LogP contribution in [0.5, 0.6) is 0 Å². The molecule has 1 aliphatic heterocycles. The standard InChI is InChI=1S/C15H22BrNO2S/c1-13(15-5-3-2-4-6-15)12-20(18,19)17-10-8-14(11-17)7-9-16/h2-6,13-14H,7-12H2,1H3. The predicted octanol–water partition coefficient (Wildman–Crippen LogP) is 3.23. The van der Waals surface area contributed by atoms with Crippen molar-refractivity contribution >= 4 is 26.0 Å². The summed E-state index contributed by atoms with van der Waals surface area (Å²) in [7, 11) is -3.14. The second-order valence-corrected chi connectivity index (χ2v) is 8.39. The van der Waals surface area contributed by atoms with Crippen LogP contribution in [0.3, 0.4) is 0 Å². The summed E-state index contributed by atoms with van der Waals surface area (Å²) in [5.41, 5.74) is 1.09. The monoisotopic (exact) mass is 359 g/mol. The second kappa shape index (κ2) is 7.05. The summed E-state index contributed by atoms with van der Waals surface area (Å²) in [5.74, 6) is 0.755. The highest BCUT2D eigenvalue weighted by Crippen LogP contribution is 2.26. The minimum absolute atomic E-state index is 0.0384. The van der Waals surface area contributed by atoms with Crippen LogP contribution in [0.4, 0.5) is 0 Å². The fourth-order valence-corrected chi connectivity index (χ4v) is 5.24. The lowest BCUT2D eigenvalue weighted by Gasteiger charge is -2.19. The smallest absolute Gasteiger partial charge is 0.212 e. The summed E-state index contributed by atoms with van der Waals surface area (Å²) in [6.07, 6.45) is 2.05. The van der Waals surface area contributed by atoms with Crippen molar-refractivity contribution in [1.82, 2.24) is 4.31 Å². The fourth-order valence-electron chi connectivity index (χ4n) is 2.74. The van der Waals surface area contributed by atoms with Crippen molar-refractivity contribution in [2.75, 3.05) is 24.2 Å². The number of sulfonamides is 1. The molecule has 3 nitrogen and oxygen atoms in total. The summed E-state index contributed by atoms with van der Waals surface area (Å²) in [4.78, 5) is 0. The quantitative estimate of drug-likeness (QED) is 0.731. The van der Waals surface area contributed by atoms with Crippen LogP contribution in [-0.4, -0.2) is 36.9 Å². The Morgan fingerprint density at radius 2 is 2.05 bits per heavy atom. The number of nitrogens with zero attached hydrogens (tertiary/aromatic N) is 1. The molecule has 20 heavy (non-hydrogen) atoms. The Labute approximate surface area is 130 Å². The van der Waals surface area contributed by atoms with Crippen molar-refractivity contribution in [3.05, 3.63) is 35.9 Å². The minimum atomic E-state index is -3.14. The van der Waals surface area contributed by atoms with Gasteiger partial charge in [0.2, 0.25) is 10.0 Å². The number of hydrogen-bond acceptors (Lipinski definition) is 2. The molecule has 1 saturated heterocycles. The van der Waals surface area contributed by atoms with Gasteiger partial charge in [-0.25, -0.2) is 12.7 Å². The number of halogens is 1. The van der Waals surface area contributed by atoms with Gasteiger partial charge in [0.05, 0.1) is 5.75 Å². The Morgan fingerprint density at radius 1 is 1.35 bits per heavy atom. The van der Waals surface area contributed by atoms with E-state index in [1.54, 1.807) is 4.31 Å². The van der Waals surface area contributed by atoms with Gasteiger partial charge in [-0.1, -0.05) is 53.2 Å². The van der Waals surface area contributed by atoms with E-state index in [-0.39, 0.29) is 11.7 Å². The molecule has 1 aliphatic rings. The van der Waals surface area contributed by atoms with Gasteiger partial charge in [-0.2, -0.15) is 0 Å². The average Bonchev–Trinajstić information content (AvgIpc) is 2.89. The van der Waals surface area contributed by atoms with Gasteiger partial charge in [0.15, 0.2) is 0 Å². The van der Waals surface area contributed by atoms with Crippen molar-refractivity contribution < 1.29 is 8.42 Å². The lowest BCUT2D eigenvalue weighted by atomic mass is 10.0. The first-order chi connectivity index (χ1) is 9.53. The zero-order valence-corrected chi connectivity index (χ0v) is 14.2. The summed E-state index contributed by atoms with van der Waals surface area (Å²) in [6, 6.07) is 9.87. The largest absolute Gasteiger partial charge is 0.214 e. The Bertz CT molecular complexity index is 518. The summed E-state index contributed by atoms with van der Waals surface area (Å²) < 4.78 is 26.6. The van der Waals surface area contributed by atoms with Gasteiger partial charge in [-0.3, -0.25) is 0 Å². The van der Waals surface area contributed by atoms with Crippen LogP contribution in [-0.2, 0) is 10.0 Å². The molecule has 0 aromatic heterocycles. The van der Waals surface area contributed by atoms with Crippen molar-refractivity contribution in [2.45, 2.75) is 25.7 Å². The molecule has 1 heterocycles. The van der Waals surface area contributed by atoms with E-state index in [1.807, 2.05) is 37.3 Å². The molecule has 0 radical (unpaired) electrons. The van der Waals surface area contributed by atoms with Gasteiger partial charge in [0, 0.05) is 18.4 Å². The van der Waals surface area contributed by atoms with E-state index in [0.29, 0.717) is 19.0 Å². The molecule has 0 bridgehead atoms. The number of hydrogen-bond donors (Lipinski definition) is 0. The number of rotatable bonds is 6.